The number of benzene rings is 1. The number of hydrogen-bond acceptors (Lipinski definition) is 1. The van der Waals surface area contributed by atoms with E-state index in [2.05, 4.69) is 6.58 Å². The van der Waals surface area contributed by atoms with Crippen molar-refractivity contribution in [3.8, 4) is 0 Å². The van der Waals surface area contributed by atoms with Gasteiger partial charge in [0, 0.05) is 5.70 Å². The first-order valence-electron chi connectivity index (χ1n) is 5.26. The molecule has 0 saturated heterocycles. The van der Waals surface area contributed by atoms with Crippen molar-refractivity contribution in [1.29, 1.82) is 0 Å². The maximum atomic E-state index is 12.4. The van der Waals surface area contributed by atoms with Crippen molar-refractivity contribution in [3.05, 3.63) is 41.5 Å². The molecule has 0 heterocycles. The van der Waals surface area contributed by atoms with E-state index in [-0.39, 0.29) is 11.8 Å². The zero-order valence-electron chi connectivity index (χ0n) is 10.3. The third-order valence-corrected chi connectivity index (χ3v) is 1.96. The quantitative estimate of drug-likeness (QED) is 0.745. The summed E-state index contributed by atoms with van der Waals surface area (Å²) in [4.78, 5) is 0. The Morgan fingerprint density at radius 2 is 1.21 bits per heavy atom. The van der Waals surface area contributed by atoms with Gasteiger partial charge < -0.3 is 5.73 Å². The Labute approximate surface area is 106 Å². The Balaban J connectivity index is 0.00000154. The highest BCUT2D eigenvalue weighted by molar-refractivity contribution is 5.62. The summed E-state index contributed by atoms with van der Waals surface area (Å²) < 4.78 is 74.2. The van der Waals surface area contributed by atoms with Gasteiger partial charge in [0.15, 0.2) is 0 Å². The van der Waals surface area contributed by atoms with Gasteiger partial charge >= 0.3 is 12.4 Å². The molecular weight excluding hydrogens is 272 g/mol. The predicted molar refractivity (Wildman–Crippen MR) is 61.0 cm³/mol. The summed E-state index contributed by atoms with van der Waals surface area (Å²) in [6, 6.07) is 1.08. The van der Waals surface area contributed by atoms with Crippen LogP contribution in [0.5, 0.6) is 0 Å². The maximum absolute atomic E-state index is 12.4. The van der Waals surface area contributed by atoms with E-state index in [1.807, 2.05) is 13.8 Å². The van der Waals surface area contributed by atoms with Crippen molar-refractivity contribution in [3.63, 3.8) is 0 Å². The van der Waals surface area contributed by atoms with Gasteiger partial charge in [-0.1, -0.05) is 20.4 Å². The molecule has 0 bridgehead atoms. The highest BCUT2D eigenvalue weighted by Gasteiger charge is 2.36. The van der Waals surface area contributed by atoms with Crippen molar-refractivity contribution >= 4 is 5.70 Å². The van der Waals surface area contributed by atoms with Gasteiger partial charge in [-0.25, -0.2) is 0 Å². The van der Waals surface area contributed by atoms with E-state index in [9.17, 15) is 26.3 Å². The molecule has 0 saturated carbocycles. The van der Waals surface area contributed by atoms with Crippen LogP contribution in [-0.2, 0) is 12.4 Å². The largest absolute Gasteiger partial charge is 0.416 e. The van der Waals surface area contributed by atoms with Crippen LogP contribution in [0.1, 0.15) is 30.5 Å². The molecule has 0 atom stereocenters. The summed E-state index contributed by atoms with van der Waals surface area (Å²) in [5.74, 6) is 0. The summed E-state index contributed by atoms with van der Waals surface area (Å²) in [5, 5.41) is 0. The Morgan fingerprint density at radius 1 is 0.895 bits per heavy atom. The third kappa shape index (κ3) is 4.84. The molecule has 0 aromatic heterocycles. The van der Waals surface area contributed by atoms with Gasteiger partial charge in [-0.2, -0.15) is 26.3 Å². The summed E-state index contributed by atoms with van der Waals surface area (Å²) >= 11 is 0. The molecule has 108 valence electrons. The van der Waals surface area contributed by atoms with Crippen LogP contribution in [0.4, 0.5) is 26.3 Å². The van der Waals surface area contributed by atoms with Crippen molar-refractivity contribution in [2.75, 3.05) is 0 Å². The molecule has 0 aliphatic carbocycles. The summed E-state index contributed by atoms with van der Waals surface area (Å²) in [7, 11) is 0. The van der Waals surface area contributed by atoms with Crippen molar-refractivity contribution in [2.45, 2.75) is 26.2 Å². The van der Waals surface area contributed by atoms with E-state index < -0.39 is 29.0 Å². The second kappa shape index (κ2) is 5.99. The highest BCUT2D eigenvalue weighted by Crippen LogP contribution is 2.36. The van der Waals surface area contributed by atoms with Crippen LogP contribution in [0.3, 0.4) is 0 Å². The second-order valence-electron chi connectivity index (χ2n) is 3.32. The molecule has 0 amide bonds. The topological polar surface area (TPSA) is 26.0 Å². The fourth-order valence-corrected chi connectivity index (χ4v) is 1.14. The molecule has 1 nitrogen and oxygen atoms in total. The Kier molecular flexibility index (Phi) is 5.46. The minimum atomic E-state index is -4.87. The van der Waals surface area contributed by atoms with Gasteiger partial charge in [0.1, 0.15) is 0 Å². The van der Waals surface area contributed by atoms with E-state index in [0.717, 1.165) is 0 Å². The van der Waals surface area contributed by atoms with Gasteiger partial charge in [-0.15, -0.1) is 0 Å². The summed E-state index contributed by atoms with van der Waals surface area (Å²) in [6.45, 7) is 7.11. The molecule has 0 fully saturated rings. The SMILES string of the molecule is C=C(N)c1cc(C(F)(F)F)cc(C(F)(F)F)c1.CC. The molecule has 1 rings (SSSR count). The normalized spacial score (nSPS) is 11.6. The van der Waals surface area contributed by atoms with Gasteiger partial charge in [-0.3, -0.25) is 0 Å². The van der Waals surface area contributed by atoms with E-state index >= 15 is 0 Å². The second-order valence-corrected chi connectivity index (χ2v) is 3.32. The van der Waals surface area contributed by atoms with E-state index in [1.165, 1.54) is 0 Å². The Hall–Kier alpha value is -1.66. The fourth-order valence-electron chi connectivity index (χ4n) is 1.14. The summed E-state index contributed by atoms with van der Waals surface area (Å²) in [5.41, 5.74) is 1.54. The number of hydrogen-bond donors (Lipinski definition) is 1. The fraction of sp³-hybridized carbons (Fsp3) is 0.333. The minimum Gasteiger partial charge on any atom is -0.399 e. The van der Waals surface area contributed by atoms with Gasteiger partial charge in [0.2, 0.25) is 0 Å². The zero-order valence-corrected chi connectivity index (χ0v) is 10.3. The van der Waals surface area contributed by atoms with Gasteiger partial charge in [0.25, 0.3) is 0 Å². The number of rotatable bonds is 1. The molecule has 7 heteroatoms. The lowest BCUT2D eigenvalue weighted by Crippen LogP contribution is -2.12. The van der Waals surface area contributed by atoms with Gasteiger partial charge in [-0.05, 0) is 23.8 Å². The van der Waals surface area contributed by atoms with E-state index in [1.54, 1.807) is 0 Å². The molecule has 1 aromatic carbocycles. The molecule has 1 aromatic rings. The lowest BCUT2D eigenvalue weighted by molar-refractivity contribution is -0.143. The highest BCUT2D eigenvalue weighted by atomic mass is 19.4. The molecule has 0 spiro atoms. The van der Waals surface area contributed by atoms with Crippen molar-refractivity contribution in [2.24, 2.45) is 5.73 Å². The van der Waals surface area contributed by atoms with Crippen LogP contribution in [0.25, 0.3) is 5.70 Å². The third-order valence-electron chi connectivity index (χ3n) is 1.96. The van der Waals surface area contributed by atoms with Crippen LogP contribution >= 0.6 is 0 Å². The molecule has 0 unspecified atom stereocenters. The number of nitrogens with two attached hydrogens (primary N) is 1. The average Bonchev–Trinajstić information content (AvgIpc) is 2.28. The minimum absolute atomic E-state index is 0.0342. The number of alkyl halides is 6. The van der Waals surface area contributed by atoms with Crippen LogP contribution in [0.2, 0.25) is 0 Å². The lowest BCUT2D eigenvalue weighted by Gasteiger charge is -2.13. The predicted octanol–water partition coefficient (Wildman–Crippen LogP) is 4.68. The monoisotopic (exact) mass is 285 g/mol. The van der Waals surface area contributed by atoms with Crippen LogP contribution in [-0.4, -0.2) is 0 Å². The number of halogens is 6. The maximum Gasteiger partial charge on any atom is 0.416 e. The summed E-state index contributed by atoms with van der Waals surface area (Å²) in [6.07, 6.45) is -9.74. The van der Waals surface area contributed by atoms with Crippen LogP contribution < -0.4 is 5.73 Å². The molecule has 0 aliphatic rings. The first-order chi connectivity index (χ1) is 8.51. The standard InChI is InChI=1S/C10H7F6N.C2H6/c1-5(17)6-2-7(9(11,12)13)4-8(3-6)10(14,15)16;1-2/h2-4H,1,17H2;1-2H3. The molecule has 2 N–H and O–H groups in total. The molecular formula is C12H13F6N. The zero-order chi connectivity index (χ0) is 15.4. The average molecular weight is 285 g/mol. The Bertz CT molecular complexity index is 412. The van der Waals surface area contributed by atoms with Crippen LogP contribution in [0.15, 0.2) is 24.8 Å². The van der Waals surface area contributed by atoms with Gasteiger partial charge in [0.05, 0.1) is 11.1 Å². The first-order valence-corrected chi connectivity index (χ1v) is 5.26. The molecule has 0 aliphatic heterocycles. The smallest absolute Gasteiger partial charge is 0.399 e. The molecule has 19 heavy (non-hydrogen) atoms. The van der Waals surface area contributed by atoms with Crippen LogP contribution in [0, 0.1) is 0 Å². The van der Waals surface area contributed by atoms with E-state index in [0.29, 0.717) is 12.1 Å². The first kappa shape index (κ1) is 17.3. The lowest BCUT2D eigenvalue weighted by atomic mass is 10.0. The molecule has 0 radical (unpaired) electrons. The van der Waals surface area contributed by atoms with Crippen molar-refractivity contribution in [1.82, 2.24) is 0 Å². The Morgan fingerprint density at radius 3 is 1.42 bits per heavy atom. The van der Waals surface area contributed by atoms with Crippen molar-refractivity contribution < 1.29 is 26.3 Å². The van der Waals surface area contributed by atoms with E-state index in [4.69, 9.17) is 5.73 Å².